The molecule has 0 unspecified atom stereocenters. The Morgan fingerprint density at radius 3 is 1.72 bits per heavy atom. The molecule has 0 amide bonds. The molecule has 0 fully saturated rings. The van der Waals surface area contributed by atoms with Crippen molar-refractivity contribution in [2.24, 2.45) is 20.5 Å². The second-order valence-corrected chi connectivity index (χ2v) is 9.49. The van der Waals surface area contributed by atoms with Gasteiger partial charge in [0.1, 0.15) is 11.5 Å². The van der Waals surface area contributed by atoms with Gasteiger partial charge in [-0.3, -0.25) is 4.55 Å². The maximum atomic E-state index is 11.8. The standard InChI is InChI=1S/C25H22N4O9S/c1-14-2-4-15(5-3-14)26-29-23-9-8-22(20-7-6-19(13-21(20)23)39(34,35)36)28-27-16-10-17(37-24(30)31)12-18(11-16)38-25(32)33/h2-13,24-25,30-33H,1H3,(H,34,35,36). The Morgan fingerprint density at radius 1 is 0.641 bits per heavy atom. The monoisotopic (exact) mass is 554 g/mol. The van der Waals surface area contributed by atoms with Crippen molar-refractivity contribution >= 4 is 43.6 Å². The highest BCUT2D eigenvalue weighted by Crippen LogP contribution is 2.37. The zero-order chi connectivity index (χ0) is 28.2. The van der Waals surface area contributed by atoms with Crippen molar-refractivity contribution in [1.29, 1.82) is 0 Å². The predicted octanol–water partition coefficient (Wildman–Crippen LogP) is 4.52. The molecular formula is C25H22N4O9S. The first-order valence-corrected chi connectivity index (χ1v) is 12.6. The van der Waals surface area contributed by atoms with Gasteiger partial charge in [0.2, 0.25) is 0 Å². The van der Waals surface area contributed by atoms with Crippen molar-refractivity contribution in [3.63, 3.8) is 0 Å². The minimum atomic E-state index is -4.52. The molecule has 0 aliphatic heterocycles. The van der Waals surface area contributed by atoms with Crippen molar-refractivity contribution in [2.45, 2.75) is 24.8 Å². The zero-order valence-corrected chi connectivity index (χ0v) is 21.0. The van der Waals surface area contributed by atoms with E-state index in [1.54, 1.807) is 24.3 Å². The number of hydrogen-bond donors (Lipinski definition) is 5. The fraction of sp³-hybridized carbons (Fsp3) is 0.120. The summed E-state index contributed by atoms with van der Waals surface area (Å²) in [6, 6.07) is 18.0. The van der Waals surface area contributed by atoms with Crippen LogP contribution in [-0.2, 0) is 10.1 Å². The molecule has 0 saturated heterocycles. The zero-order valence-electron chi connectivity index (χ0n) is 20.1. The number of fused-ring (bicyclic) bond motifs is 1. The lowest BCUT2D eigenvalue weighted by Crippen LogP contribution is -2.15. The van der Waals surface area contributed by atoms with E-state index in [4.69, 9.17) is 29.9 Å². The third kappa shape index (κ3) is 7.38. The highest BCUT2D eigenvalue weighted by Gasteiger charge is 2.14. The third-order valence-corrected chi connectivity index (χ3v) is 6.02. The van der Waals surface area contributed by atoms with Gasteiger partial charge in [-0.05, 0) is 43.3 Å². The molecule has 14 heteroatoms. The summed E-state index contributed by atoms with van der Waals surface area (Å²) >= 11 is 0. The largest absolute Gasteiger partial charge is 0.441 e. The molecule has 0 aliphatic rings. The molecule has 0 atom stereocenters. The van der Waals surface area contributed by atoms with Crippen molar-refractivity contribution in [1.82, 2.24) is 0 Å². The Morgan fingerprint density at radius 2 is 1.18 bits per heavy atom. The lowest BCUT2D eigenvalue weighted by atomic mass is 10.1. The second kappa shape index (κ2) is 11.6. The minimum Gasteiger partial charge on any atom is -0.441 e. The first-order chi connectivity index (χ1) is 18.5. The maximum absolute atomic E-state index is 11.8. The molecule has 39 heavy (non-hydrogen) atoms. The van der Waals surface area contributed by atoms with E-state index in [1.165, 1.54) is 30.3 Å². The van der Waals surface area contributed by atoms with Gasteiger partial charge in [0, 0.05) is 29.0 Å². The van der Waals surface area contributed by atoms with E-state index >= 15 is 0 Å². The highest BCUT2D eigenvalue weighted by atomic mass is 32.2. The molecule has 0 bridgehead atoms. The van der Waals surface area contributed by atoms with Gasteiger partial charge in [0.05, 0.1) is 27.6 Å². The SMILES string of the molecule is Cc1ccc(N=Nc2ccc(N=Nc3cc(OC(O)O)cc(OC(O)O)c3)c3ccc(S(=O)(=O)O)cc23)cc1. The predicted molar refractivity (Wildman–Crippen MR) is 137 cm³/mol. The lowest BCUT2D eigenvalue weighted by Gasteiger charge is -2.12. The number of rotatable bonds is 9. The van der Waals surface area contributed by atoms with Crippen LogP contribution in [0.1, 0.15) is 5.56 Å². The number of ether oxygens (including phenoxy) is 2. The van der Waals surface area contributed by atoms with Crippen LogP contribution in [0.3, 0.4) is 0 Å². The topological polar surface area (TPSA) is 203 Å². The van der Waals surface area contributed by atoms with Crippen LogP contribution in [0.2, 0.25) is 0 Å². The van der Waals surface area contributed by atoms with Gasteiger partial charge in [-0.15, -0.1) is 10.2 Å². The van der Waals surface area contributed by atoms with Crippen molar-refractivity contribution in [3.05, 3.63) is 78.4 Å². The lowest BCUT2D eigenvalue weighted by molar-refractivity contribution is -0.181. The fourth-order valence-electron chi connectivity index (χ4n) is 3.46. The number of aliphatic hydroxyl groups is 4. The normalized spacial score (nSPS) is 12.3. The molecule has 5 N–H and O–H groups in total. The van der Waals surface area contributed by atoms with E-state index in [1.807, 2.05) is 19.1 Å². The van der Waals surface area contributed by atoms with E-state index in [0.29, 0.717) is 22.1 Å². The molecule has 13 nitrogen and oxygen atoms in total. The molecule has 4 aromatic rings. The highest BCUT2D eigenvalue weighted by molar-refractivity contribution is 7.85. The van der Waals surface area contributed by atoms with Crippen LogP contribution in [0.15, 0.2) is 98.1 Å². The van der Waals surface area contributed by atoms with E-state index in [-0.39, 0.29) is 27.8 Å². The molecule has 0 saturated carbocycles. The summed E-state index contributed by atoms with van der Waals surface area (Å²) < 4.78 is 42.7. The van der Waals surface area contributed by atoms with Gasteiger partial charge >= 0.3 is 13.0 Å². The molecule has 202 valence electrons. The molecule has 0 heterocycles. The molecule has 4 rings (SSSR count). The average molecular weight is 555 g/mol. The van der Waals surface area contributed by atoms with E-state index < -0.39 is 23.1 Å². The summed E-state index contributed by atoms with van der Waals surface area (Å²) in [7, 11) is -4.52. The molecule has 0 spiro atoms. The Balaban J connectivity index is 1.77. The number of aryl methyl sites for hydroxylation is 1. The van der Waals surface area contributed by atoms with E-state index in [9.17, 15) is 13.0 Å². The second-order valence-electron chi connectivity index (χ2n) is 8.07. The number of azo groups is 2. The molecule has 0 radical (unpaired) electrons. The Labute approximate surface area is 221 Å². The van der Waals surface area contributed by atoms with Crippen LogP contribution in [0.5, 0.6) is 11.5 Å². The van der Waals surface area contributed by atoms with Gasteiger partial charge in [0.15, 0.2) is 0 Å². The van der Waals surface area contributed by atoms with Gasteiger partial charge in [0.25, 0.3) is 10.1 Å². The Bertz CT molecular complexity index is 1630. The van der Waals surface area contributed by atoms with Gasteiger partial charge < -0.3 is 29.9 Å². The maximum Gasteiger partial charge on any atom is 0.310 e. The quantitative estimate of drug-likeness (QED) is 0.112. The Hall–Kier alpha value is -4.31. The smallest absolute Gasteiger partial charge is 0.310 e. The summed E-state index contributed by atoms with van der Waals surface area (Å²) in [5.74, 6) is -0.238. The number of hydrogen-bond acceptors (Lipinski definition) is 12. The van der Waals surface area contributed by atoms with Gasteiger partial charge in [-0.1, -0.05) is 23.8 Å². The van der Waals surface area contributed by atoms with Crippen LogP contribution in [0.25, 0.3) is 10.8 Å². The summed E-state index contributed by atoms with van der Waals surface area (Å²) in [4.78, 5) is -0.354. The first-order valence-electron chi connectivity index (χ1n) is 11.1. The van der Waals surface area contributed by atoms with Crippen molar-refractivity contribution < 1.29 is 42.9 Å². The van der Waals surface area contributed by atoms with Crippen LogP contribution >= 0.6 is 0 Å². The summed E-state index contributed by atoms with van der Waals surface area (Å²) in [5.41, 5.74) is 2.27. The fourth-order valence-corrected chi connectivity index (χ4v) is 3.97. The molecule has 0 aliphatic carbocycles. The molecule has 4 aromatic carbocycles. The van der Waals surface area contributed by atoms with Crippen LogP contribution in [0.4, 0.5) is 22.7 Å². The van der Waals surface area contributed by atoms with E-state index in [2.05, 4.69) is 20.5 Å². The first kappa shape index (κ1) is 27.7. The number of benzene rings is 4. The number of nitrogens with zero attached hydrogens (tertiary/aromatic N) is 4. The van der Waals surface area contributed by atoms with Gasteiger partial charge in [-0.25, -0.2) is 0 Å². The summed E-state index contributed by atoms with van der Waals surface area (Å²) in [6.45, 7) is -2.39. The third-order valence-electron chi connectivity index (χ3n) is 5.17. The van der Waals surface area contributed by atoms with Crippen LogP contribution in [0, 0.1) is 6.92 Å². The van der Waals surface area contributed by atoms with Gasteiger partial charge in [-0.2, -0.15) is 18.6 Å². The summed E-state index contributed by atoms with van der Waals surface area (Å²) in [5, 5.41) is 53.8. The van der Waals surface area contributed by atoms with Crippen LogP contribution < -0.4 is 9.47 Å². The van der Waals surface area contributed by atoms with Crippen LogP contribution in [-0.4, -0.2) is 46.3 Å². The van der Waals surface area contributed by atoms with Crippen molar-refractivity contribution in [3.8, 4) is 11.5 Å². The Kier molecular flexibility index (Phi) is 8.25. The minimum absolute atomic E-state index is 0.0784. The average Bonchev–Trinajstić information content (AvgIpc) is 2.85. The van der Waals surface area contributed by atoms with Crippen molar-refractivity contribution in [2.75, 3.05) is 0 Å². The summed E-state index contributed by atoms with van der Waals surface area (Å²) in [6.07, 6.45) is 0. The molecule has 0 aromatic heterocycles. The number of aliphatic hydroxyl groups excluding tert-OH is 2. The molecular weight excluding hydrogens is 532 g/mol. The van der Waals surface area contributed by atoms with E-state index in [0.717, 1.165) is 11.6 Å².